The summed E-state index contributed by atoms with van der Waals surface area (Å²) in [7, 11) is 1.37. The van der Waals surface area contributed by atoms with Gasteiger partial charge in [0.15, 0.2) is 0 Å². The van der Waals surface area contributed by atoms with Crippen LogP contribution in [0.15, 0.2) is 24.8 Å². The summed E-state index contributed by atoms with van der Waals surface area (Å²) in [5.41, 5.74) is 1.18. The lowest BCUT2D eigenvalue weighted by Crippen LogP contribution is -2.09. The summed E-state index contributed by atoms with van der Waals surface area (Å²) in [6.07, 6.45) is 1.89. The minimum Gasteiger partial charge on any atom is -0.465 e. The molecule has 5 heteroatoms. The van der Waals surface area contributed by atoms with Gasteiger partial charge in [-0.25, -0.2) is 9.78 Å². The normalized spacial score (nSPS) is 9.89. The van der Waals surface area contributed by atoms with Crippen LogP contribution in [0.4, 0.5) is 5.82 Å². The van der Waals surface area contributed by atoms with Crippen LogP contribution >= 0.6 is 11.8 Å². The predicted octanol–water partition coefficient (Wildman–Crippen LogP) is 2.51. The molecule has 1 heterocycles. The van der Waals surface area contributed by atoms with Gasteiger partial charge in [-0.2, -0.15) is 11.8 Å². The number of aryl methyl sites for hydroxylation is 1. The van der Waals surface area contributed by atoms with E-state index in [0.29, 0.717) is 11.3 Å². The van der Waals surface area contributed by atoms with Crippen molar-refractivity contribution in [3.8, 4) is 0 Å². The lowest BCUT2D eigenvalue weighted by molar-refractivity contribution is 0.0599. The van der Waals surface area contributed by atoms with Crippen molar-refractivity contribution in [2.75, 3.05) is 30.5 Å². The number of pyridine rings is 1. The number of nitrogens with zero attached hydrogens (tertiary/aromatic N) is 1. The number of esters is 1. The molecule has 98 valence electrons. The first-order valence-electron chi connectivity index (χ1n) is 5.67. The molecule has 0 aliphatic heterocycles. The van der Waals surface area contributed by atoms with Crippen LogP contribution in [0.5, 0.6) is 0 Å². The summed E-state index contributed by atoms with van der Waals surface area (Å²) in [4.78, 5) is 15.7. The monoisotopic (exact) mass is 266 g/mol. The maximum absolute atomic E-state index is 11.4. The third kappa shape index (κ3) is 4.41. The van der Waals surface area contributed by atoms with Crippen molar-refractivity contribution in [2.24, 2.45) is 0 Å². The van der Waals surface area contributed by atoms with E-state index in [-0.39, 0.29) is 5.97 Å². The molecule has 0 saturated carbocycles. The number of aromatic nitrogens is 1. The van der Waals surface area contributed by atoms with E-state index in [4.69, 9.17) is 0 Å². The Kier molecular flexibility index (Phi) is 6.28. The highest BCUT2D eigenvalue weighted by molar-refractivity contribution is 7.99. The number of methoxy groups -OCH3 is 1. The Bertz CT molecular complexity index is 421. The summed E-state index contributed by atoms with van der Waals surface area (Å²) in [6, 6.07) is 3.52. The van der Waals surface area contributed by atoms with Crippen molar-refractivity contribution >= 4 is 23.5 Å². The van der Waals surface area contributed by atoms with E-state index >= 15 is 0 Å². The number of ether oxygens (including phenoxy) is 1. The molecule has 0 fully saturated rings. The minimum absolute atomic E-state index is 0.354. The second kappa shape index (κ2) is 7.76. The van der Waals surface area contributed by atoms with Crippen LogP contribution < -0.4 is 5.32 Å². The van der Waals surface area contributed by atoms with Gasteiger partial charge in [-0.15, -0.1) is 6.58 Å². The molecule has 0 aromatic carbocycles. The Labute approximate surface area is 112 Å². The summed E-state index contributed by atoms with van der Waals surface area (Å²) in [5, 5.41) is 3.21. The van der Waals surface area contributed by atoms with Crippen molar-refractivity contribution in [3.63, 3.8) is 0 Å². The number of carbonyl (C=O) groups is 1. The maximum atomic E-state index is 11.4. The first kappa shape index (κ1) is 14.6. The molecule has 0 radical (unpaired) electrons. The Hall–Kier alpha value is -1.49. The van der Waals surface area contributed by atoms with Crippen molar-refractivity contribution < 1.29 is 9.53 Å². The number of anilines is 1. The van der Waals surface area contributed by atoms with Crippen molar-refractivity contribution in [1.29, 1.82) is 0 Å². The number of rotatable bonds is 7. The van der Waals surface area contributed by atoms with Crippen molar-refractivity contribution in [1.82, 2.24) is 4.98 Å². The SMILES string of the molecule is C=CCSCCNc1ccc(C(=O)OC)c(C)n1. The molecule has 1 aromatic rings. The Morgan fingerprint density at radius 2 is 2.39 bits per heavy atom. The molecule has 0 atom stereocenters. The number of carbonyl (C=O) groups excluding carboxylic acids is 1. The predicted molar refractivity (Wildman–Crippen MR) is 76.3 cm³/mol. The van der Waals surface area contributed by atoms with Gasteiger partial charge in [0.2, 0.25) is 0 Å². The van der Waals surface area contributed by atoms with Gasteiger partial charge in [0.25, 0.3) is 0 Å². The van der Waals surface area contributed by atoms with Crippen LogP contribution in [0.25, 0.3) is 0 Å². The number of thioether (sulfide) groups is 1. The second-order valence-electron chi connectivity index (χ2n) is 3.61. The standard InChI is InChI=1S/C13H18N2O2S/c1-4-8-18-9-7-14-12-6-5-11(10(2)15-12)13(16)17-3/h4-6H,1,7-9H2,2-3H3,(H,14,15). The van der Waals surface area contributed by atoms with Gasteiger partial charge >= 0.3 is 5.97 Å². The zero-order valence-corrected chi connectivity index (χ0v) is 11.5. The number of nitrogens with one attached hydrogen (secondary N) is 1. The molecule has 0 bridgehead atoms. The van der Waals surface area contributed by atoms with Crippen LogP contribution in [0.3, 0.4) is 0 Å². The quantitative estimate of drug-likeness (QED) is 0.467. The van der Waals surface area contributed by atoms with Crippen LogP contribution in [0, 0.1) is 6.92 Å². The number of hydrogen-bond acceptors (Lipinski definition) is 5. The average Bonchev–Trinajstić information content (AvgIpc) is 2.38. The molecular weight excluding hydrogens is 248 g/mol. The Morgan fingerprint density at radius 1 is 1.61 bits per heavy atom. The van der Waals surface area contributed by atoms with Crippen LogP contribution in [-0.4, -0.2) is 36.1 Å². The smallest absolute Gasteiger partial charge is 0.339 e. The molecule has 18 heavy (non-hydrogen) atoms. The third-order valence-corrected chi connectivity index (χ3v) is 3.24. The average molecular weight is 266 g/mol. The maximum Gasteiger partial charge on any atom is 0.339 e. The first-order chi connectivity index (χ1) is 8.69. The fourth-order valence-corrected chi connectivity index (χ4v) is 1.98. The van der Waals surface area contributed by atoms with E-state index in [1.807, 2.05) is 6.08 Å². The van der Waals surface area contributed by atoms with Gasteiger partial charge < -0.3 is 10.1 Å². The minimum atomic E-state index is -0.354. The molecule has 0 saturated heterocycles. The first-order valence-corrected chi connectivity index (χ1v) is 6.83. The highest BCUT2D eigenvalue weighted by atomic mass is 32.2. The summed E-state index contributed by atoms with van der Waals surface area (Å²) in [6.45, 7) is 6.30. The van der Waals surface area contributed by atoms with E-state index in [2.05, 4.69) is 21.6 Å². The molecule has 0 aliphatic carbocycles. The van der Waals surface area contributed by atoms with Gasteiger partial charge in [-0.3, -0.25) is 0 Å². The topological polar surface area (TPSA) is 51.2 Å². The molecule has 0 aliphatic rings. The lowest BCUT2D eigenvalue weighted by Gasteiger charge is -2.08. The molecule has 0 spiro atoms. The third-order valence-electron chi connectivity index (χ3n) is 2.28. The molecular formula is C13H18N2O2S. The highest BCUT2D eigenvalue weighted by Crippen LogP contribution is 2.11. The summed E-state index contributed by atoms with van der Waals surface area (Å²) < 4.78 is 4.67. The van der Waals surface area contributed by atoms with Gasteiger partial charge in [-0.05, 0) is 19.1 Å². The molecule has 1 aromatic heterocycles. The van der Waals surface area contributed by atoms with Crippen LogP contribution in [0.1, 0.15) is 16.1 Å². The highest BCUT2D eigenvalue weighted by Gasteiger charge is 2.10. The Morgan fingerprint density at radius 3 is 3.00 bits per heavy atom. The number of hydrogen-bond donors (Lipinski definition) is 1. The van der Waals surface area contributed by atoms with Gasteiger partial charge in [0.05, 0.1) is 18.4 Å². The van der Waals surface area contributed by atoms with E-state index < -0.39 is 0 Å². The molecule has 4 nitrogen and oxygen atoms in total. The van der Waals surface area contributed by atoms with Gasteiger partial charge in [0.1, 0.15) is 5.82 Å². The van der Waals surface area contributed by atoms with Crippen molar-refractivity contribution in [3.05, 3.63) is 36.0 Å². The fraction of sp³-hybridized carbons (Fsp3) is 0.385. The molecule has 0 amide bonds. The van der Waals surface area contributed by atoms with Gasteiger partial charge in [-0.1, -0.05) is 6.08 Å². The van der Waals surface area contributed by atoms with E-state index in [1.165, 1.54) is 7.11 Å². The van der Waals surface area contributed by atoms with Crippen molar-refractivity contribution in [2.45, 2.75) is 6.92 Å². The summed E-state index contributed by atoms with van der Waals surface area (Å²) in [5.74, 6) is 2.37. The lowest BCUT2D eigenvalue weighted by atomic mass is 10.2. The summed E-state index contributed by atoms with van der Waals surface area (Å²) >= 11 is 1.81. The zero-order chi connectivity index (χ0) is 13.4. The van der Waals surface area contributed by atoms with E-state index in [0.717, 1.165) is 23.9 Å². The Balaban J connectivity index is 2.51. The molecule has 1 rings (SSSR count). The fourth-order valence-electron chi connectivity index (χ4n) is 1.40. The molecule has 1 N–H and O–H groups in total. The zero-order valence-electron chi connectivity index (χ0n) is 10.7. The van der Waals surface area contributed by atoms with Crippen LogP contribution in [0.2, 0.25) is 0 Å². The largest absolute Gasteiger partial charge is 0.465 e. The van der Waals surface area contributed by atoms with E-state index in [1.54, 1.807) is 30.8 Å². The van der Waals surface area contributed by atoms with E-state index in [9.17, 15) is 4.79 Å². The van der Waals surface area contributed by atoms with Crippen LogP contribution in [-0.2, 0) is 4.74 Å². The second-order valence-corrected chi connectivity index (χ2v) is 4.76. The molecule has 0 unspecified atom stereocenters. The van der Waals surface area contributed by atoms with Gasteiger partial charge in [0, 0.05) is 18.1 Å².